The molecule has 2 aromatic rings. The molecule has 0 radical (unpaired) electrons. The molecule has 0 N–H and O–H groups in total. The van der Waals surface area contributed by atoms with Gasteiger partial charge >= 0.3 is 0 Å². The molecule has 1 fully saturated rings. The van der Waals surface area contributed by atoms with Crippen LogP contribution in [-0.2, 0) is 28.7 Å². The van der Waals surface area contributed by atoms with Crippen molar-refractivity contribution in [2.24, 2.45) is 0 Å². The SMILES string of the molecule is CSCCc1nc(C2COCCO2)n(C2Cc3ccccc3C2)n1. The number of hydrogen-bond donors (Lipinski definition) is 0. The van der Waals surface area contributed by atoms with E-state index in [1.807, 2.05) is 11.8 Å². The Bertz CT molecular complexity index is 672. The summed E-state index contributed by atoms with van der Waals surface area (Å²) in [6, 6.07) is 9.01. The normalized spacial score (nSPS) is 21.1. The first-order chi connectivity index (χ1) is 11.8. The molecule has 1 unspecified atom stereocenters. The summed E-state index contributed by atoms with van der Waals surface area (Å²) in [5.74, 6) is 2.89. The van der Waals surface area contributed by atoms with Crippen LogP contribution in [0.2, 0.25) is 0 Å². The summed E-state index contributed by atoms with van der Waals surface area (Å²) in [6.07, 6.45) is 4.94. The molecule has 0 saturated carbocycles. The summed E-state index contributed by atoms with van der Waals surface area (Å²) in [5.41, 5.74) is 2.85. The lowest BCUT2D eigenvalue weighted by Gasteiger charge is -2.24. The average Bonchev–Trinajstić information content (AvgIpc) is 3.24. The first kappa shape index (κ1) is 16.1. The number of aromatic nitrogens is 3. The zero-order chi connectivity index (χ0) is 16.4. The highest BCUT2D eigenvalue weighted by Crippen LogP contribution is 2.32. The molecule has 5 nitrogen and oxygen atoms in total. The quantitative estimate of drug-likeness (QED) is 0.834. The van der Waals surface area contributed by atoms with E-state index in [4.69, 9.17) is 19.6 Å². The summed E-state index contributed by atoms with van der Waals surface area (Å²) in [5, 5.41) is 4.84. The van der Waals surface area contributed by atoms with Crippen LogP contribution in [0.4, 0.5) is 0 Å². The average molecular weight is 345 g/mol. The summed E-state index contributed by atoms with van der Waals surface area (Å²) in [6.45, 7) is 1.86. The number of fused-ring (bicyclic) bond motifs is 1. The van der Waals surface area contributed by atoms with E-state index in [0.717, 1.165) is 36.7 Å². The second-order valence-electron chi connectivity index (χ2n) is 6.34. The van der Waals surface area contributed by atoms with Crippen molar-refractivity contribution in [3.8, 4) is 0 Å². The van der Waals surface area contributed by atoms with Crippen LogP contribution in [0, 0.1) is 0 Å². The first-order valence-electron chi connectivity index (χ1n) is 8.55. The van der Waals surface area contributed by atoms with Gasteiger partial charge in [-0.2, -0.15) is 16.9 Å². The highest BCUT2D eigenvalue weighted by Gasteiger charge is 2.30. The van der Waals surface area contributed by atoms with Crippen LogP contribution in [0.5, 0.6) is 0 Å². The molecular weight excluding hydrogens is 322 g/mol. The lowest BCUT2D eigenvalue weighted by atomic mass is 10.1. The fourth-order valence-electron chi connectivity index (χ4n) is 3.51. The van der Waals surface area contributed by atoms with Crippen molar-refractivity contribution in [2.75, 3.05) is 31.8 Å². The monoisotopic (exact) mass is 345 g/mol. The second kappa shape index (κ2) is 7.25. The molecule has 0 bridgehead atoms. The van der Waals surface area contributed by atoms with Gasteiger partial charge in [0.25, 0.3) is 0 Å². The smallest absolute Gasteiger partial charge is 0.159 e. The van der Waals surface area contributed by atoms with E-state index in [-0.39, 0.29) is 6.10 Å². The van der Waals surface area contributed by atoms with Gasteiger partial charge in [0.2, 0.25) is 0 Å². The number of ether oxygens (including phenoxy) is 2. The van der Waals surface area contributed by atoms with Gasteiger partial charge in [0.05, 0.1) is 25.9 Å². The number of thioether (sulfide) groups is 1. The van der Waals surface area contributed by atoms with Gasteiger partial charge in [-0.15, -0.1) is 0 Å². The van der Waals surface area contributed by atoms with E-state index in [1.54, 1.807) is 0 Å². The van der Waals surface area contributed by atoms with Gasteiger partial charge in [-0.25, -0.2) is 9.67 Å². The van der Waals surface area contributed by atoms with Gasteiger partial charge in [0, 0.05) is 12.2 Å². The van der Waals surface area contributed by atoms with E-state index >= 15 is 0 Å². The van der Waals surface area contributed by atoms with E-state index in [2.05, 4.69) is 35.2 Å². The molecule has 1 saturated heterocycles. The fourth-order valence-corrected chi connectivity index (χ4v) is 3.90. The third kappa shape index (κ3) is 3.23. The standard InChI is InChI=1S/C18H23N3O2S/c1-24-9-6-17-19-18(16-12-22-7-8-23-16)21(20-17)15-10-13-4-2-3-5-14(13)11-15/h2-5,15-16H,6-12H2,1H3. The van der Waals surface area contributed by atoms with Crippen molar-refractivity contribution in [3.63, 3.8) is 0 Å². The Balaban J connectivity index is 1.62. The first-order valence-corrected chi connectivity index (χ1v) is 9.95. The molecule has 1 aliphatic heterocycles. The molecule has 0 spiro atoms. The van der Waals surface area contributed by atoms with Gasteiger partial charge < -0.3 is 9.47 Å². The number of aryl methyl sites for hydroxylation is 1. The van der Waals surface area contributed by atoms with Crippen LogP contribution in [0.1, 0.15) is 34.9 Å². The topological polar surface area (TPSA) is 49.2 Å². The number of nitrogens with zero attached hydrogens (tertiary/aromatic N) is 3. The van der Waals surface area contributed by atoms with E-state index in [0.29, 0.717) is 25.9 Å². The lowest BCUT2D eigenvalue weighted by molar-refractivity contribution is -0.0954. The number of rotatable bonds is 5. The molecule has 6 heteroatoms. The molecular formula is C18H23N3O2S. The van der Waals surface area contributed by atoms with E-state index in [9.17, 15) is 0 Å². The zero-order valence-corrected chi connectivity index (χ0v) is 14.8. The Morgan fingerprint density at radius 2 is 2.00 bits per heavy atom. The maximum absolute atomic E-state index is 5.91. The third-order valence-corrected chi connectivity index (χ3v) is 5.32. The van der Waals surface area contributed by atoms with Crippen LogP contribution in [-0.4, -0.2) is 46.6 Å². The molecule has 1 aliphatic carbocycles. The molecule has 24 heavy (non-hydrogen) atoms. The van der Waals surface area contributed by atoms with Gasteiger partial charge in [-0.05, 0) is 30.2 Å². The Morgan fingerprint density at radius 1 is 1.21 bits per heavy atom. The molecule has 2 aliphatic rings. The predicted octanol–water partition coefficient (Wildman–Crippen LogP) is 2.61. The molecule has 128 valence electrons. The van der Waals surface area contributed by atoms with Crippen LogP contribution in [0.3, 0.4) is 0 Å². The minimum atomic E-state index is -0.0991. The Morgan fingerprint density at radius 3 is 2.67 bits per heavy atom. The van der Waals surface area contributed by atoms with Crippen molar-refractivity contribution in [1.29, 1.82) is 0 Å². The van der Waals surface area contributed by atoms with Gasteiger partial charge in [-0.3, -0.25) is 0 Å². The summed E-state index contributed by atoms with van der Waals surface area (Å²) >= 11 is 1.82. The number of hydrogen-bond acceptors (Lipinski definition) is 5. The Labute approximate surface area is 146 Å². The minimum absolute atomic E-state index is 0.0991. The van der Waals surface area contributed by atoms with E-state index in [1.165, 1.54) is 11.1 Å². The van der Waals surface area contributed by atoms with Gasteiger partial charge in [-0.1, -0.05) is 24.3 Å². The second-order valence-corrected chi connectivity index (χ2v) is 7.32. The maximum atomic E-state index is 5.91. The maximum Gasteiger partial charge on any atom is 0.159 e. The molecule has 1 atom stereocenters. The zero-order valence-electron chi connectivity index (χ0n) is 14.0. The molecule has 4 rings (SSSR count). The van der Waals surface area contributed by atoms with Crippen LogP contribution in [0.15, 0.2) is 24.3 Å². The highest BCUT2D eigenvalue weighted by molar-refractivity contribution is 7.98. The Hall–Kier alpha value is -1.37. The van der Waals surface area contributed by atoms with Gasteiger partial charge in [0.1, 0.15) is 6.10 Å². The van der Waals surface area contributed by atoms with Crippen molar-refractivity contribution in [1.82, 2.24) is 14.8 Å². The van der Waals surface area contributed by atoms with Gasteiger partial charge in [0.15, 0.2) is 11.6 Å². The highest BCUT2D eigenvalue weighted by atomic mass is 32.2. The van der Waals surface area contributed by atoms with Crippen molar-refractivity contribution >= 4 is 11.8 Å². The molecule has 0 amide bonds. The molecule has 2 heterocycles. The lowest BCUT2D eigenvalue weighted by Crippen LogP contribution is -2.26. The van der Waals surface area contributed by atoms with Crippen molar-refractivity contribution in [2.45, 2.75) is 31.4 Å². The molecule has 1 aromatic carbocycles. The molecule has 1 aromatic heterocycles. The van der Waals surface area contributed by atoms with Crippen molar-refractivity contribution in [3.05, 3.63) is 47.0 Å². The van der Waals surface area contributed by atoms with Crippen LogP contribution >= 0.6 is 11.8 Å². The minimum Gasteiger partial charge on any atom is -0.376 e. The summed E-state index contributed by atoms with van der Waals surface area (Å²) in [4.78, 5) is 4.81. The van der Waals surface area contributed by atoms with Crippen LogP contribution in [0.25, 0.3) is 0 Å². The number of benzene rings is 1. The predicted molar refractivity (Wildman–Crippen MR) is 94.5 cm³/mol. The fraction of sp³-hybridized carbons (Fsp3) is 0.556. The van der Waals surface area contributed by atoms with E-state index < -0.39 is 0 Å². The largest absolute Gasteiger partial charge is 0.376 e. The summed E-state index contributed by atoms with van der Waals surface area (Å²) in [7, 11) is 0. The Kier molecular flexibility index (Phi) is 4.87. The van der Waals surface area contributed by atoms with Crippen molar-refractivity contribution < 1.29 is 9.47 Å². The summed E-state index contributed by atoms with van der Waals surface area (Å²) < 4.78 is 13.6. The third-order valence-electron chi connectivity index (χ3n) is 4.71. The van der Waals surface area contributed by atoms with Crippen LogP contribution < -0.4 is 0 Å².